The first-order valence-corrected chi connectivity index (χ1v) is 6.01. The highest BCUT2D eigenvalue weighted by Crippen LogP contribution is 2.27. The average molecular weight is 251 g/mol. The van der Waals surface area contributed by atoms with Gasteiger partial charge < -0.3 is 16.4 Å². The zero-order valence-electron chi connectivity index (χ0n) is 10.1. The van der Waals surface area contributed by atoms with Crippen molar-refractivity contribution in [3.63, 3.8) is 0 Å². The molecule has 1 unspecified atom stereocenters. The molecule has 1 atom stereocenters. The van der Waals surface area contributed by atoms with Crippen LogP contribution in [0.3, 0.4) is 0 Å². The normalized spacial score (nSPS) is 19.8. The Labute approximate surface area is 105 Å². The Morgan fingerprint density at radius 1 is 1.50 bits per heavy atom. The lowest BCUT2D eigenvalue weighted by Crippen LogP contribution is -2.44. The van der Waals surface area contributed by atoms with E-state index in [1.165, 1.54) is 6.07 Å². The zero-order valence-corrected chi connectivity index (χ0v) is 10.1. The number of anilines is 2. The summed E-state index contributed by atoms with van der Waals surface area (Å²) in [6, 6.07) is 3.29. The minimum atomic E-state index is -0.525. The fraction of sp³-hybridized carbons (Fsp3) is 0.545. The second-order valence-electron chi connectivity index (χ2n) is 4.41. The van der Waals surface area contributed by atoms with Crippen LogP contribution in [0.1, 0.15) is 19.3 Å². The summed E-state index contributed by atoms with van der Waals surface area (Å²) in [5, 5.41) is 10.7. The Hall–Kier alpha value is -1.89. The van der Waals surface area contributed by atoms with Gasteiger partial charge in [0.2, 0.25) is 5.82 Å². The van der Waals surface area contributed by atoms with Gasteiger partial charge in [-0.25, -0.2) is 4.98 Å². The number of nitrogens with zero attached hydrogens (tertiary/aromatic N) is 3. The van der Waals surface area contributed by atoms with Gasteiger partial charge >= 0.3 is 5.69 Å². The maximum atomic E-state index is 10.7. The number of piperidine rings is 1. The summed E-state index contributed by atoms with van der Waals surface area (Å²) in [6.07, 6.45) is 3.25. The predicted molar refractivity (Wildman–Crippen MR) is 69.3 cm³/mol. The molecule has 1 aromatic heterocycles. The molecule has 1 aliphatic heterocycles. The lowest BCUT2D eigenvalue weighted by molar-refractivity contribution is -0.384. The lowest BCUT2D eigenvalue weighted by Gasteiger charge is -2.35. The number of nitrogens with two attached hydrogens (primary N) is 2. The van der Waals surface area contributed by atoms with Crippen LogP contribution < -0.4 is 16.4 Å². The molecule has 1 saturated heterocycles. The lowest BCUT2D eigenvalue weighted by atomic mass is 10.0. The van der Waals surface area contributed by atoms with E-state index in [-0.39, 0.29) is 17.5 Å². The van der Waals surface area contributed by atoms with Crippen molar-refractivity contribution in [1.82, 2.24) is 4.98 Å². The summed E-state index contributed by atoms with van der Waals surface area (Å²) < 4.78 is 0. The molecule has 1 aromatic rings. The van der Waals surface area contributed by atoms with Crippen LogP contribution in [0.2, 0.25) is 0 Å². The van der Waals surface area contributed by atoms with Gasteiger partial charge in [-0.2, -0.15) is 0 Å². The summed E-state index contributed by atoms with van der Waals surface area (Å²) in [4.78, 5) is 16.4. The fourth-order valence-electron chi connectivity index (χ4n) is 2.32. The fourth-order valence-corrected chi connectivity index (χ4v) is 2.32. The maximum absolute atomic E-state index is 10.7. The SMILES string of the molecule is NCC1CCCCN1c1ccc([N+](=O)[O-])c(N)n1. The molecule has 4 N–H and O–H groups in total. The van der Waals surface area contributed by atoms with Crippen LogP contribution in [0.4, 0.5) is 17.3 Å². The minimum absolute atomic E-state index is 0.0427. The second-order valence-corrected chi connectivity index (χ2v) is 4.41. The van der Waals surface area contributed by atoms with Crippen LogP contribution in [0.15, 0.2) is 12.1 Å². The van der Waals surface area contributed by atoms with Crippen molar-refractivity contribution in [3.05, 3.63) is 22.2 Å². The molecule has 18 heavy (non-hydrogen) atoms. The number of aromatic nitrogens is 1. The van der Waals surface area contributed by atoms with E-state index < -0.39 is 4.92 Å². The molecule has 0 aromatic carbocycles. The van der Waals surface area contributed by atoms with Gasteiger partial charge in [0, 0.05) is 25.2 Å². The summed E-state index contributed by atoms with van der Waals surface area (Å²) in [7, 11) is 0. The van der Waals surface area contributed by atoms with Crippen molar-refractivity contribution < 1.29 is 4.92 Å². The first-order chi connectivity index (χ1) is 8.63. The van der Waals surface area contributed by atoms with E-state index in [4.69, 9.17) is 11.5 Å². The number of nitro groups is 1. The molecule has 0 amide bonds. The molecule has 2 heterocycles. The van der Waals surface area contributed by atoms with Gasteiger partial charge in [-0.05, 0) is 25.3 Å². The van der Waals surface area contributed by atoms with E-state index in [1.807, 2.05) is 0 Å². The number of pyridine rings is 1. The monoisotopic (exact) mass is 251 g/mol. The smallest absolute Gasteiger partial charge is 0.311 e. The highest BCUT2D eigenvalue weighted by Gasteiger charge is 2.24. The first-order valence-electron chi connectivity index (χ1n) is 6.01. The summed E-state index contributed by atoms with van der Waals surface area (Å²) in [5.41, 5.74) is 11.2. The standard InChI is InChI=1S/C11H17N5O2/c12-7-8-3-1-2-6-15(8)10-5-4-9(16(17)18)11(13)14-10/h4-5,8H,1-3,6-7,12H2,(H2,13,14). The third-order valence-corrected chi connectivity index (χ3v) is 3.28. The first kappa shape index (κ1) is 12.6. The zero-order chi connectivity index (χ0) is 13.1. The van der Waals surface area contributed by atoms with Crippen LogP contribution >= 0.6 is 0 Å². The Balaban J connectivity index is 2.27. The molecule has 0 spiro atoms. The molecule has 1 fully saturated rings. The van der Waals surface area contributed by atoms with Gasteiger partial charge in [0.1, 0.15) is 5.82 Å². The molecule has 0 bridgehead atoms. The number of hydrogen-bond donors (Lipinski definition) is 2. The largest absolute Gasteiger partial charge is 0.378 e. The van der Waals surface area contributed by atoms with Crippen molar-refractivity contribution in [2.24, 2.45) is 5.73 Å². The van der Waals surface area contributed by atoms with E-state index in [1.54, 1.807) is 6.07 Å². The number of hydrogen-bond acceptors (Lipinski definition) is 6. The molecule has 1 aliphatic rings. The van der Waals surface area contributed by atoms with E-state index in [2.05, 4.69) is 9.88 Å². The highest BCUT2D eigenvalue weighted by atomic mass is 16.6. The van der Waals surface area contributed by atoms with Gasteiger partial charge in [0.25, 0.3) is 0 Å². The summed E-state index contributed by atoms with van der Waals surface area (Å²) in [6.45, 7) is 1.42. The Bertz CT molecular complexity index is 451. The van der Waals surface area contributed by atoms with E-state index in [0.717, 1.165) is 25.8 Å². The van der Waals surface area contributed by atoms with E-state index >= 15 is 0 Å². The summed E-state index contributed by atoms with van der Waals surface area (Å²) in [5.74, 6) is 0.632. The quantitative estimate of drug-likeness (QED) is 0.609. The van der Waals surface area contributed by atoms with Gasteiger partial charge in [0.15, 0.2) is 0 Å². The minimum Gasteiger partial charge on any atom is -0.378 e. The third kappa shape index (κ3) is 2.35. The molecule has 0 aliphatic carbocycles. The molecule has 7 heteroatoms. The molecular formula is C11H17N5O2. The second kappa shape index (κ2) is 5.18. The van der Waals surface area contributed by atoms with Gasteiger partial charge in [-0.1, -0.05) is 0 Å². The third-order valence-electron chi connectivity index (χ3n) is 3.28. The average Bonchev–Trinajstić information content (AvgIpc) is 2.38. The summed E-state index contributed by atoms with van der Waals surface area (Å²) >= 11 is 0. The van der Waals surface area contributed by atoms with Crippen LogP contribution in [-0.4, -0.2) is 29.0 Å². The topological polar surface area (TPSA) is 111 Å². The van der Waals surface area contributed by atoms with Crippen LogP contribution in [0.25, 0.3) is 0 Å². The number of rotatable bonds is 3. The molecule has 7 nitrogen and oxygen atoms in total. The van der Waals surface area contributed by atoms with E-state index in [0.29, 0.717) is 12.4 Å². The number of nitrogen functional groups attached to an aromatic ring is 1. The predicted octanol–water partition coefficient (Wildman–Crippen LogP) is 0.890. The van der Waals surface area contributed by atoms with Crippen molar-refractivity contribution in [3.8, 4) is 0 Å². The van der Waals surface area contributed by atoms with Gasteiger partial charge in [-0.15, -0.1) is 0 Å². The van der Waals surface area contributed by atoms with Crippen LogP contribution in [-0.2, 0) is 0 Å². The highest BCUT2D eigenvalue weighted by molar-refractivity contribution is 5.58. The van der Waals surface area contributed by atoms with Crippen molar-refractivity contribution in [2.75, 3.05) is 23.7 Å². The Morgan fingerprint density at radius 3 is 2.89 bits per heavy atom. The molecule has 0 saturated carbocycles. The van der Waals surface area contributed by atoms with Crippen LogP contribution in [0, 0.1) is 10.1 Å². The van der Waals surface area contributed by atoms with Crippen molar-refractivity contribution in [1.29, 1.82) is 0 Å². The Kier molecular flexibility index (Phi) is 3.61. The molecule has 98 valence electrons. The molecule has 2 rings (SSSR count). The molecular weight excluding hydrogens is 234 g/mol. The maximum Gasteiger partial charge on any atom is 0.311 e. The van der Waals surface area contributed by atoms with Crippen LogP contribution in [0.5, 0.6) is 0 Å². The van der Waals surface area contributed by atoms with Gasteiger partial charge in [0.05, 0.1) is 4.92 Å². The molecule has 0 radical (unpaired) electrons. The van der Waals surface area contributed by atoms with Crippen molar-refractivity contribution in [2.45, 2.75) is 25.3 Å². The van der Waals surface area contributed by atoms with Gasteiger partial charge in [-0.3, -0.25) is 10.1 Å². The van der Waals surface area contributed by atoms with E-state index in [9.17, 15) is 10.1 Å². The Morgan fingerprint density at radius 2 is 2.28 bits per heavy atom. The van der Waals surface area contributed by atoms with Crippen molar-refractivity contribution >= 4 is 17.3 Å².